The molecule has 0 amide bonds. The van der Waals surface area contributed by atoms with Gasteiger partial charge in [0, 0.05) is 4.47 Å². The Morgan fingerprint density at radius 1 is 1.25 bits per heavy atom. The lowest BCUT2D eigenvalue weighted by atomic mass is 9.92. The molecule has 0 bridgehead atoms. The van der Waals surface area contributed by atoms with Crippen LogP contribution in [0.3, 0.4) is 0 Å². The summed E-state index contributed by atoms with van der Waals surface area (Å²) in [4.78, 5) is 0. The molecule has 1 heterocycles. The summed E-state index contributed by atoms with van der Waals surface area (Å²) < 4.78 is 7.42. The van der Waals surface area contributed by atoms with Gasteiger partial charge >= 0.3 is 0 Å². The molecule has 1 nitrogen and oxygen atoms in total. The molecule has 2 rings (SSSR count). The van der Waals surface area contributed by atoms with Crippen LogP contribution in [0.4, 0.5) is 0 Å². The fourth-order valence-corrected chi connectivity index (χ4v) is 3.47. The Morgan fingerprint density at radius 3 is 2.50 bits per heavy atom. The van der Waals surface area contributed by atoms with Crippen LogP contribution in [-0.2, 0) is 11.2 Å². The van der Waals surface area contributed by atoms with Crippen LogP contribution in [0.15, 0.2) is 16.6 Å². The van der Waals surface area contributed by atoms with Crippen molar-refractivity contribution in [3.63, 3.8) is 0 Å². The SMILES string of the molecule is Cc1cc(CCC[C@H]2CCCC(C)(C)O2)cc(C)c1Br. The molecule has 0 aliphatic carbocycles. The number of ether oxygens (including phenoxy) is 1. The summed E-state index contributed by atoms with van der Waals surface area (Å²) in [7, 11) is 0. The van der Waals surface area contributed by atoms with Gasteiger partial charge < -0.3 is 4.74 Å². The zero-order valence-corrected chi connectivity index (χ0v) is 14.8. The van der Waals surface area contributed by atoms with E-state index in [1.165, 1.54) is 53.3 Å². The largest absolute Gasteiger partial charge is 0.372 e. The van der Waals surface area contributed by atoms with Crippen LogP contribution < -0.4 is 0 Å². The van der Waals surface area contributed by atoms with Crippen molar-refractivity contribution >= 4 is 15.9 Å². The molecule has 1 fully saturated rings. The van der Waals surface area contributed by atoms with Gasteiger partial charge in [-0.1, -0.05) is 28.1 Å². The molecule has 2 heteroatoms. The Morgan fingerprint density at radius 2 is 1.90 bits per heavy atom. The Kier molecular flexibility index (Phi) is 5.30. The van der Waals surface area contributed by atoms with Gasteiger partial charge in [-0.05, 0) is 82.9 Å². The summed E-state index contributed by atoms with van der Waals surface area (Å²) in [5.41, 5.74) is 4.23. The van der Waals surface area contributed by atoms with Crippen LogP contribution in [0.1, 0.15) is 62.6 Å². The van der Waals surface area contributed by atoms with Crippen molar-refractivity contribution in [3.8, 4) is 0 Å². The monoisotopic (exact) mass is 338 g/mol. The van der Waals surface area contributed by atoms with Gasteiger partial charge in [0.05, 0.1) is 11.7 Å². The second kappa shape index (κ2) is 6.62. The van der Waals surface area contributed by atoms with E-state index in [-0.39, 0.29) is 5.60 Å². The lowest BCUT2D eigenvalue weighted by molar-refractivity contribution is -0.109. The molecular formula is C18H27BrO. The van der Waals surface area contributed by atoms with Crippen LogP contribution in [0.2, 0.25) is 0 Å². The highest BCUT2D eigenvalue weighted by molar-refractivity contribution is 9.10. The molecule has 0 aromatic heterocycles. The van der Waals surface area contributed by atoms with Gasteiger partial charge in [0.25, 0.3) is 0 Å². The molecule has 1 aliphatic heterocycles. The molecule has 1 saturated heterocycles. The molecule has 0 saturated carbocycles. The third-order valence-corrected chi connectivity index (χ3v) is 5.53. The second-order valence-corrected chi connectivity index (χ2v) is 7.62. The predicted octanol–water partition coefficient (Wildman–Crippen LogP) is 5.74. The van der Waals surface area contributed by atoms with E-state index in [9.17, 15) is 0 Å². The maximum atomic E-state index is 6.17. The summed E-state index contributed by atoms with van der Waals surface area (Å²) in [6.45, 7) is 8.79. The smallest absolute Gasteiger partial charge is 0.0630 e. The molecule has 0 unspecified atom stereocenters. The lowest BCUT2D eigenvalue weighted by Gasteiger charge is -2.36. The van der Waals surface area contributed by atoms with E-state index < -0.39 is 0 Å². The topological polar surface area (TPSA) is 9.23 Å². The van der Waals surface area contributed by atoms with Crippen LogP contribution in [0.25, 0.3) is 0 Å². The lowest BCUT2D eigenvalue weighted by Crippen LogP contribution is -2.35. The fourth-order valence-electron chi connectivity index (χ4n) is 3.24. The van der Waals surface area contributed by atoms with Crippen LogP contribution in [-0.4, -0.2) is 11.7 Å². The van der Waals surface area contributed by atoms with Gasteiger partial charge in [-0.2, -0.15) is 0 Å². The van der Waals surface area contributed by atoms with Gasteiger partial charge in [-0.25, -0.2) is 0 Å². The first-order valence-corrected chi connectivity index (χ1v) is 8.60. The first-order chi connectivity index (χ1) is 9.37. The van der Waals surface area contributed by atoms with Crippen LogP contribution >= 0.6 is 15.9 Å². The number of halogens is 1. The Bertz CT molecular complexity index is 441. The Balaban J connectivity index is 1.84. The first-order valence-electron chi connectivity index (χ1n) is 7.81. The summed E-state index contributed by atoms with van der Waals surface area (Å²) in [6, 6.07) is 4.62. The number of hydrogen-bond donors (Lipinski definition) is 0. The number of rotatable bonds is 4. The molecule has 1 aliphatic rings. The molecule has 20 heavy (non-hydrogen) atoms. The highest BCUT2D eigenvalue weighted by Gasteiger charge is 2.27. The average Bonchev–Trinajstić information content (AvgIpc) is 2.34. The predicted molar refractivity (Wildman–Crippen MR) is 89.4 cm³/mol. The standard InChI is InChI=1S/C18H27BrO/c1-13-11-15(12-14(2)17(13)19)7-5-8-16-9-6-10-18(3,4)20-16/h11-12,16H,5-10H2,1-4H3/t16-/m0/s1. The minimum atomic E-state index is 0.0910. The summed E-state index contributed by atoms with van der Waals surface area (Å²) >= 11 is 3.64. The van der Waals surface area contributed by atoms with E-state index in [0.29, 0.717) is 6.10 Å². The van der Waals surface area contributed by atoms with Crippen molar-refractivity contribution < 1.29 is 4.74 Å². The summed E-state index contributed by atoms with van der Waals surface area (Å²) in [5.74, 6) is 0. The van der Waals surface area contributed by atoms with Crippen molar-refractivity contribution in [1.82, 2.24) is 0 Å². The molecular weight excluding hydrogens is 312 g/mol. The minimum absolute atomic E-state index is 0.0910. The van der Waals surface area contributed by atoms with Crippen molar-refractivity contribution in [2.45, 2.75) is 77.9 Å². The van der Waals surface area contributed by atoms with Crippen LogP contribution in [0, 0.1) is 13.8 Å². The van der Waals surface area contributed by atoms with E-state index >= 15 is 0 Å². The summed E-state index contributed by atoms with van der Waals surface area (Å²) in [6.07, 6.45) is 7.80. The summed E-state index contributed by atoms with van der Waals surface area (Å²) in [5, 5.41) is 0. The van der Waals surface area contributed by atoms with Crippen molar-refractivity contribution in [3.05, 3.63) is 33.3 Å². The molecule has 112 valence electrons. The maximum absolute atomic E-state index is 6.17. The van der Waals surface area contributed by atoms with E-state index in [2.05, 4.69) is 55.8 Å². The highest BCUT2D eigenvalue weighted by Crippen LogP contribution is 2.30. The highest BCUT2D eigenvalue weighted by atomic mass is 79.9. The van der Waals surface area contributed by atoms with Gasteiger partial charge in [0.15, 0.2) is 0 Å². The zero-order valence-electron chi connectivity index (χ0n) is 13.3. The molecule has 0 spiro atoms. The third-order valence-electron chi connectivity index (χ3n) is 4.28. The zero-order chi connectivity index (χ0) is 14.8. The van der Waals surface area contributed by atoms with E-state index in [1.54, 1.807) is 0 Å². The quantitative estimate of drug-likeness (QED) is 0.680. The minimum Gasteiger partial charge on any atom is -0.372 e. The Labute approximate surface area is 132 Å². The second-order valence-electron chi connectivity index (χ2n) is 6.83. The fraction of sp³-hybridized carbons (Fsp3) is 0.667. The van der Waals surface area contributed by atoms with Gasteiger partial charge in [-0.3, -0.25) is 0 Å². The Hall–Kier alpha value is -0.340. The van der Waals surface area contributed by atoms with Gasteiger partial charge in [-0.15, -0.1) is 0 Å². The average molecular weight is 339 g/mol. The molecule has 1 aromatic carbocycles. The van der Waals surface area contributed by atoms with Crippen LogP contribution in [0.5, 0.6) is 0 Å². The third kappa shape index (κ3) is 4.33. The molecule has 1 aromatic rings. The number of hydrogen-bond acceptors (Lipinski definition) is 1. The van der Waals surface area contributed by atoms with E-state index in [4.69, 9.17) is 4.74 Å². The van der Waals surface area contributed by atoms with Gasteiger partial charge in [0.1, 0.15) is 0 Å². The van der Waals surface area contributed by atoms with Crippen molar-refractivity contribution in [2.75, 3.05) is 0 Å². The van der Waals surface area contributed by atoms with E-state index in [1.807, 2.05) is 0 Å². The maximum Gasteiger partial charge on any atom is 0.0630 e. The molecule has 0 N–H and O–H groups in total. The van der Waals surface area contributed by atoms with Crippen molar-refractivity contribution in [2.24, 2.45) is 0 Å². The number of benzene rings is 1. The number of aryl methyl sites for hydroxylation is 3. The molecule has 0 radical (unpaired) electrons. The first kappa shape index (κ1) is 16.0. The van der Waals surface area contributed by atoms with Gasteiger partial charge in [0.2, 0.25) is 0 Å². The van der Waals surface area contributed by atoms with E-state index in [0.717, 1.165) is 6.42 Å². The van der Waals surface area contributed by atoms with Crippen molar-refractivity contribution in [1.29, 1.82) is 0 Å². The molecule has 1 atom stereocenters. The normalized spacial score (nSPS) is 21.9.